The Kier molecular flexibility index (Phi) is 2.22. The fourth-order valence-electron chi connectivity index (χ4n) is 0.581. The van der Waals surface area contributed by atoms with E-state index in [4.69, 9.17) is 5.73 Å². The fourth-order valence-corrected chi connectivity index (χ4v) is 0.977. The molecule has 0 saturated heterocycles. The van der Waals surface area contributed by atoms with Gasteiger partial charge in [-0.2, -0.15) is 13.2 Å². The number of aromatic nitrogens is 2. The van der Waals surface area contributed by atoms with E-state index in [1.165, 1.54) is 0 Å². The van der Waals surface area contributed by atoms with Crippen molar-refractivity contribution in [3.05, 3.63) is 16.5 Å². The molecule has 1 aromatic heterocycles. The van der Waals surface area contributed by atoms with Crippen molar-refractivity contribution in [3.8, 4) is 0 Å². The smallest absolute Gasteiger partial charge is 0.384 e. The van der Waals surface area contributed by atoms with Crippen LogP contribution in [0.4, 0.5) is 19.0 Å². The normalized spacial score (nSPS) is 11.7. The molecule has 1 aromatic rings. The molecule has 1 rings (SSSR count). The van der Waals surface area contributed by atoms with E-state index >= 15 is 0 Å². The quantitative estimate of drug-likeness (QED) is 0.706. The zero-order valence-corrected chi connectivity index (χ0v) is 7.15. The van der Waals surface area contributed by atoms with Crippen LogP contribution in [0.1, 0.15) is 5.69 Å². The predicted molar refractivity (Wildman–Crippen MR) is 39.1 cm³/mol. The third-order valence-corrected chi connectivity index (χ3v) is 1.36. The Morgan fingerprint density at radius 3 is 2.33 bits per heavy atom. The highest BCUT2D eigenvalue weighted by molar-refractivity contribution is 9.10. The van der Waals surface area contributed by atoms with E-state index < -0.39 is 11.9 Å². The van der Waals surface area contributed by atoms with Gasteiger partial charge in [-0.25, -0.2) is 9.97 Å². The van der Waals surface area contributed by atoms with Crippen LogP contribution >= 0.6 is 15.9 Å². The number of anilines is 1. The molecule has 0 saturated carbocycles. The van der Waals surface area contributed by atoms with Crippen molar-refractivity contribution in [3.63, 3.8) is 0 Å². The number of nitrogens with zero attached hydrogens (tertiary/aromatic N) is 2. The zero-order chi connectivity index (χ0) is 9.35. The van der Waals surface area contributed by atoms with Gasteiger partial charge in [-0.3, -0.25) is 0 Å². The summed E-state index contributed by atoms with van der Waals surface area (Å²) < 4.78 is 35.8. The lowest BCUT2D eigenvalue weighted by Gasteiger charge is -2.05. The molecule has 0 aliphatic heterocycles. The fraction of sp³-hybridized carbons (Fsp3) is 0.200. The summed E-state index contributed by atoms with van der Waals surface area (Å²) in [6.07, 6.45) is -4.49. The van der Waals surface area contributed by atoms with Crippen molar-refractivity contribution in [1.82, 2.24) is 9.97 Å². The molecule has 0 unspecified atom stereocenters. The van der Waals surface area contributed by atoms with Crippen LogP contribution in [0, 0.1) is 0 Å². The Morgan fingerprint density at radius 2 is 1.92 bits per heavy atom. The lowest BCUT2D eigenvalue weighted by molar-refractivity contribution is -0.141. The van der Waals surface area contributed by atoms with Crippen LogP contribution in [-0.2, 0) is 6.18 Å². The minimum Gasteiger partial charge on any atom is -0.384 e. The number of halogens is 4. The second-order valence-corrected chi connectivity index (χ2v) is 2.65. The van der Waals surface area contributed by atoms with Crippen LogP contribution in [0.25, 0.3) is 0 Å². The molecular weight excluding hydrogens is 239 g/mol. The molecule has 1 heterocycles. The van der Waals surface area contributed by atoms with Crippen molar-refractivity contribution < 1.29 is 13.2 Å². The maximum Gasteiger partial charge on any atom is 0.433 e. The predicted octanol–water partition coefficient (Wildman–Crippen LogP) is 1.84. The topological polar surface area (TPSA) is 51.8 Å². The maximum absolute atomic E-state index is 12.0. The van der Waals surface area contributed by atoms with Gasteiger partial charge in [0.2, 0.25) is 0 Å². The van der Waals surface area contributed by atoms with E-state index in [0.717, 1.165) is 0 Å². The van der Waals surface area contributed by atoms with Gasteiger partial charge in [-0.15, -0.1) is 0 Å². The van der Waals surface area contributed by atoms with Crippen LogP contribution in [-0.4, -0.2) is 9.97 Å². The van der Waals surface area contributed by atoms with Crippen molar-refractivity contribution in [2.24, 2.45) is 0 Å². The average Bonchev–Trinajstić information content (AvgIpc) is 1.82. The summed E-state index contributed by atoms with van der Waals surface area (Å²) in [6.45, 7) is 0. The number of alkyl halides is 3. The van der Waals surface area contributed by atoms with Crippen molar-refractivity contribution in [2.75, 3.05) is 5.73 Å². The summed E-state index contributed by atoms with van der Waals surface area (Å²) in [5.41, 5.74) is 4.02. The second-order valence-electron chi connectivity index (χ2n) is 1.94. The van der Waals surface area contributed by atoms with E-state index in [2.05, 4.69) is 25.9 Å². The van der Waals surface area contributed by atoms with E-state index in [1.54, 1.807) is 0 Å². The van der Waals surface area contributed by atoms with Gasteiger partial charge < -0.3 is 5.73 Å². The van der Waals surface area contributed by atoms with Gasteiger partial charge in [0.25, 0.3) is 0 Å². The molecule has 7 heteroatoms. The van der Waals surface area contributed by atoms with Crippen LogP contribution in [0.15, 0.2) is 10.8 Å². The molecule has 0 fully saturated rings. The first kappa shape index (κ1) is 9.24. The summed E-state index contributed by atoms with van der Waals surface area (Å²) in [6, 6.07) is 0.671. The monoisotopic (exact) mass is 241 g/mol. The summed E-state index contributed by atoms with van der Waals surface area (Å²) in [5.74, 6) is -0.218. The lowest BCUT2D eigenvalue weighted by Crippen LogP contribution is -2.10. The first-order valence-corrected chi connectivity index (χ1v) is 3.56. The van der Waals surface area contributed by atoms with Gasteiger partial charge in [-0.1, -0.05) is 0 Å². The highest BCUT2D eigenvalue weighted by Crippen LogP contribution is 2.28. The third kappa shape index (κ3) is 2.07. The number of nitrogens with two attached hydrogens (primary N) is 1. The van der Waals surface area contributed by atoms with Crippen LogP contribution in [0.3, 0.4) is 0 Å². The molecule has 0 aliphatic rings. The number of rotatable bonds is 0. The lowest BCUT2D eigenvalue weighted by atomic mass is 10.4. The van der Waals surface area contributed by atoms with Gasteiger partial charge in [-0.05, 0) is 15.9 Å². The highest BCUT2D eigenvalue weighted by atomic mass is 79.9. The van der Waals surface area contributed by atoms with E-state index in [9.17, 15) is 13.2 Å². The Balaban J connectivity index is 3.18. The maximum atomic E-state index is 12.0. The summed E-state index contributed by atoms with van der Waals surface area (Å²) in [7, 11) is 0. The molecule has 0 bridgehead atoms. The number of nitrogen functional groups attached to an aromatic ring is 1. The number of hydrogen-bond acceptors (Lipinski definition) is 3. The first-order chi connectivity index (χ1) is 5.39. The molecule has 0 radical (unpaired) electrons. The Hall–Kier alpha value is -0.850. The van der Waals surface area contributed by atoms with Gasteiger partial charge in [0, 0.05) is 6.07 Å². The SMILES string of the molecule is Nc1cc(C(F)(F)F)nc(Br)n1. The minimum atomic E-state index is -4.49. The van der Waals surface area contributed by atoms with Gasteiger partial charge >= 0.3 is 6.18 Å². The largest absolute Gasteiger partial charge is 0.433 e. The van der Waals surface area contributed by atoms with E-state index in [1.807, 2.05) is 0 Å². The molecule has 2 N–H and O–H groups in total. The first-order valence-electron chi connectivity index (χ1n) is 2.77. The van der Waals surface area contributed by atoms with Gasteiger partial charge in [0.05, 0.1) is 0 Å². The van der Waals surface area contributed by atoms with Crippen LogP contribution < -0.4 is 5.73 Å². The Morgan fingerprint density at radius 1 is 1.33 bits per heavy atom. The number of hydrogen-bond donors (Lipinski definition) is 1. The Labute approximate surface area is 73.9 Å². The third-order valence-electron chi connectivity index (χ3n) is 1.01. The molecule has 0 atom stereocenters. The van der Waals surface area contributed by atoms with E-state index in [-0.39, 0.29) is 10.6 Å². The Bertz CT molecular complexity index is 278. The van der Waals surface area contributed by atoms with Gasteiger partial charge in [0.15, 0.2) is 10.4 Å². The zero-order valence-electron chi connectivity index (χ0n) is 5.56. The molecule has 0 spiro atoms. The van der Waals surface area contributed by atoms with Crippen LogP contribution in [0.2, 0.25) is 0 Å². The van der Waals surface area contributed by atoms with Crippen molar-refractivity contribution in [2.45, 2.75) is 6.18 Å². The van der Waals surface area contributed by atoms with Crippen molar-refractivity contribution >= 4 is 21.7 Å². The molecular formula is C5H3BrF3N3. The molecule has 12 heavy (non-hydrogen) atoms. The van der Waals surface area contributed by atoms with Crippen molar-refractivity contribution in [1.29, 1.82) is 0 Å². The molecule has 66 valence electrons. The van der Waals surface area contributed by atoms with E-state index in [0.29, 0.717) is 6.07 Å². The average molecular weight is 242 g/mol. The standard InChI is InChI=1S/C5H3BrF3N3/c6-4-11-2(5(7,8)9)1-3(10)12-4/h1H,(H2,10,11,12). The highest BCUT2D eigenvalue weighted by Gasteiger charge is 2.33. The molecule has 0 amide bonds. The van der Waals surface area contributed by atoms with Crippen LogP contribution in [0.5, 0.6) is 0 Å². The summed E-state index contributed by atoms with van der Waals surface area (Å²) in [5, 5.41) is 0. The molecule has 0 aliphatic carbocycles. The second kappa shape index (κ2) is 2.89. The van der Waals surface area contributed by atoms with Gasteiger partial charge in [0.1, 0.15) is 5.82 Å². The summed E-state index contributed by atoms with van der Waals surface area (Å²) in [4.78, 5) is 6.54. The molecule has 0 aromatic carbocycles. The molecule has 3 nitrogen and oxygen atoms in total. The minimum absolute atomic E-state index is 0.171. The summed E-state index contributed by atoms with van der Waals surface area (Å²) >= 11 is 2.70.